The predicted molar refractivity (Wildman–Crippen MR) is 150 cm³/mol. The van der Waals surface area contributed by atoms with Gasteiger partial charge in [0.2, 0.25) is 22.1 Å². The van der Waals surface area contributed by atoms with Crippen molar-refractivity contribution in [2.24, 2.45) is 4.99 Å². The maximum atomic E-state index is 12.4. The average Bonchev–Trinajstić information content (AvgIpc) is 3.72. The topological polar surface area (TPSA) is 159 Å². The third kappa shape index (κ3) is 6.57. The molecule has 1 aliphatic carbocycles. The zero-order valence-corrected chi connectivity index (χ0v) is 23.4. The molecule has 15 heteroatoms. The Balaban J connectivity index is 1.13. The van der Waals surface area contributed by atoms with Crippen LogP contribution in [0.15, 0.2) is 22.1 Å². The third-order valence-electron chi connectivity index (χ3n) is 6.29. The van der Waals surface area contributed by atoms with Crippen molar-refractivity contribution in [2.75, 3.05) is 30.0 Å². The molecule has 0 spiro atoms. The lowest BCUT2D eigenvalue weighted by molar-refractivity contribution is -0.116. The van der Waals surface area contributed by atoms with Gasteiger partial charge in [0.05, 0.1) is 18.5 Å². The highest BCUT2D eigenvalue weighted by Gasteiger charge is 2.29. The minimum atomic E-state index is -0.163. The van der Waals surface area contributed by atoms with Gasteiger partial charge in [0.1, 0.15) is 15.9 Å². The van der Waals surface area contributed by atoms with Crippen LogP contribution in [0.25, 0.3) is 0 Å². The second-order valence-corrected chi connectivity index (χ2v) is 11.9. The quantitative estimate of drug-likeness (QED) is 0.299. The van der Waals surface area contributed by atoms with E-state index in [4.69, 9.17) is 0 Å². The van der Waals surface area contributed by atoms with Crippen LogP contribution in [0.1, 0.15) is 66.1 Å². The van der Waals surface area contributed by atoms with Gasteiger partial charge in [0, 0.05) is 43.4 Å². The second-order valence-electron chi connectivity index (χ2n) is 9.00. The van der Waals surface area contributed by atoms with Crippen molar-refractivity contribution in [1.29, 1.82) is 0 Å². The first-order chi connectivity index (χ1) is 18.5. The van der Waals surface area contributed by atoms with Gasteiger partial charge in [0.15, 0.2) is 5.13 Å². The summed E-state index contributed by atoms with van der Waals surface area (Å²) in [6.45, 7) is 0. The van der Waals surface area contributed by atoms with Gasteiger partial charge in [-0.05, 0) is 19.3 Å². The summed E-state index contributed by atoms with van der Waals surface area (Å²) in [5.41, 5.74) is 1.47. The van der Waals surface area contributed by atoms with Crippen molar-refractivity contribution in [3.8, 4) is 0 Å². The zero-order valence-electron chi connectivity index (χ0n) is 21.0. The summed E-state index contributed by atoms with van der Waals surface area (Å²) in [6.07, 6.45) is 7.01. The summed E-state index contributed by atoms with van der Waals surface area (Å²) in [5.74, 6) is 1.03. The number of amides is 2. The summed E-state index contributed by atoms with van der Waals surface area (Å²) in [5, 5.41) is 34.3. The molecule has 2 aliphatic rings. The molecule has 0 saturated heterocycles. The van der Waals surface area contributed by atoms with Crippen LogP contribution in [-0.2, 0) is 16.0 Å². The number of carbonyl (C=O) groups excluding carboxylic acids is 2. The number of anilines is 3. The Morgan fingerprint density at radius 2 is 1.55 bits per heavy atom. The van der Waals surface area contributed by atoms with Gasteiger partial charge in [-0.2, -0.15) is 0 Å². The van der Waals surface area contributed by atoms with Crippen molar-refractivity contribution in [3.05, 3.63) is 32.9 Å². The molecule has 200 valence electrons. The molecule has 1 aliphatic heterocycles. The normalized spacial score (nSPS) is 19.0. The van der Waals surface area contributed by atoms with E-state index in [1.807, 2.05) is 18.5 Å². The molecule has 2 amide bonds. The molecule has 0 aromatic carbocycles. The summed E-state index contributed by atoms with van der Waals surface area (Å²) in [6, 6.07) is 0. The Morgan fingerprint density at radius 3 is 2.13 bits per heavy atom. The fraction of sp³-hybridized carbons (Fsp3) is 0.478. The van der Waals surface area contributed by atoms with Gasteiger partial charge in [-0.1, -0.05) is 35.2 Å². The molecular weight excluding hydrogens is 545 g/mol. The van der Waals surface area contributed by atoms with E-state index < -0.39 is 0 Å². The highest BCUT2D eigenvalue weighted by molar-refractivity contribution is 7.16. The summed E-state index contributed by atoms with van der Waals surface area (Å²) in [4.78, 5) is 33.6. The molecule has 1 fully saturated rings. The van der Waals surface area contributed by atoms with Gasteiger partial charge in [-0.15, -0.1) is 31.7 Å². The molecule has 1 saturated carbocycles. The second kappa shape index (κ2) is 12.0. The van der Waals surface area contributed by atoms with Crippen LogP contribution in [-0.4, -0.2) is 57.1 Å². The number of aromatic nitrogens is 5. The lowest BCUT2D eigenvalue weighted by Gasteiger charge is -2.25. The maximum Gasteiger partial charge on any atom is 0.232 e. The van der Waals surface area contributed by atoms with Crippen molar-refractivity contribution in [2.45, 2.75) is 56.8 Å². The van der Waals surface area contributed by atoms with Crippen LogP contribution in [0.3, 0.4) is 0 Å². The first kappa shape index (κ1) is 26.3. The van der Waals surface area contributed by atoms with E-state index in [1.54, 1.807) is 7.05 Å². The Bertz CT molecular complexity index is 1360. The molecular formula is C23H28N10O2S3. The number of carbonyl (C=O) groups is 2. The summed E-state index contributed by atoms with van der Waals surface area (Å²) >= 11 is 4.31. The molecule has 2 atom stereocenters. The maximum absolute atomic E-state index is 12.4. The Morgan fingerprint density at radius 1 is 0.895 bits per heavy atom. The molecule has 5 rings (SSSR count). The van der Waals surface area contributed by atoms with E-state index in [2.05, 4.69) is 51.6 Å². The monoisotopic (exact) mass is 572 g/mol. The van der Waals surface area contributed by atoms with Crippen LogP contribution >= 0.6 is 34.0 Å². The van der Waals surface area contributed by atoms with Crippen LogP contribution in [0, 0.1) is 0 Å². The lowest BCUT2D eigenvalue weighted by atomic mass is 9.82. The Labute approximate surface area is 231 Å². The van der Waals surface area contributed by atoms with Gasteiger partial charge in [0.25, 0.3) is 0 Å². The summed E-state index contributed by atoms with van der Waals surface area (Å²) in [7, 11) is 3.62. The van der Waals surface area contributed by atoms with E-state index in [0.29, 0.717) is 10.3 Å². The van der Waals surface area contributed by atoms with E-state index in [0.717, 1.165) is 64.5 Å². The van der Waals surface area contributed by atoms with Gasteiger partial charge in [-0.25, -0.2) is 9.98 Å². The minimum absolute atomic E-state index is 0.151. The van der Waals surface area contributed by atoms with Crippen LogP contribution in [0.2, 0.25) is 0 Å². The average molecular weight is 573 g/mol. The number of hydrogen-bond acceptors (Lipinski definition) is 13. The number of rotatable bonds is 9. The first-order valence-electron chi connectivity index (χ1n) is 12.3. The molecule has 3 aromatic heterocycles. The van der Waals surface area contributed by atoms with Gasteiger partial charge >= 0.3 is 0 Å². The number of hydrogen-bond donors (Lipinski definition) is 4. The van der Waals surface area contributed by atoms with Gasteiger partial charge in [-0.3, -0.25) is 9.59 Å². The van der Waals surface area contributed by atoms with Crippen LogP contribution < -0.4 is 21.3 Å². The molecule has 4 heterocycles. The molecule has 0 radical (unpaired) electrons. The van der Waals surface area contributed by atoms with Crippen LogP contribution in [0.5, 0.6) is 0 Å². The smallest absolute Gasteiger partial charge is 0.232 e. The van der Waals surface area contributed by atoms with E-state index in [9.17, 15) is 9.59 Å². The molecule has 0 unspecified atom stereocenters. The van der Waals surface area contributed by atoms with E-state index in [-0.39, 0.29) is 36.5 Å². The Hall–Kier alpha value is -3.30. The highest BCUT2D eigenvalue weighted by Crippen LogP contribution is 2.43. The fourth-order valence-electron chi connectivity index (χ4n) is 4.45. The standard InChI is InChI=1S/C23H28N10O2S3/c1-24-16-7-6-14(26-16)9-17(34)28-22-32-30-19(37-22)12-4-3-5-13(8-12)20-31-33-23(38-20)29-18(35)10-15-11-36-21(25-2)27-15/h6,11-13H,3-5,7-10H2,1-2H3,(H,24,26)(H,25,27)(H,28,32,34)(H,29,33,35)/t12-,13-/m0/s1. The lowest BCUT2D eigenvalue weighted by Crippen LogP contribution is -2.15. The van der Waals surface area contributed by atoms with E-state index >= 15 is 0 Å². The molecule has 0 bridgehead atoms. The number of nitrogens with zero attached hydrogens (tertiary/aromatic N) is 6. The summed E-state index contributed by atoms with van der Waals surface area (Å²) < 4.78 is 0. The largest absolute Gasteiger partial charge is 0.376 e. The molecule has 38 heavy (non-hydrogen) atoms. The fourth-order valence-corrected chi connectivity index (χ4v) is 6.93. The highest BCUT2D eigenvalue weighted by atomic mass is 32.1. The SMILES string of the molecule is CNC1=NC(CC(=O)Nc2nnc([C@H]3CCC[C@H](c4nnc(NC(=O)Cc5csc(NC)n5)s4)C3)s2)=CC1. The van der Waals surface area contributed by atoms with E-state index in [1.165, 1.54) is 34.0 Å². The number of amidine groups is 1. The van der Waals surface area contributed by atoms with Crippen molar-refractivity contribution in [1.82, 2.24) is 30.7 Å². The molecule has 4 N–H and O–H groups in total. The zero-order chi connectivity index (χ0) is 26.5. The first-order valence-corrected chi connectivity index (χ1v) is 14.8. The van der Waals surface area contributed by atoms with Crippen molar-refractivity contribution < 1.29 is 9.59 Å². The van der Waals surface area contributed by atoms with Crippen molar-refractivity contribution >= 4 is 67.1 Å². The third-order valence-corrected chi connectivity index (χ3v) is 9.20. The molecule has 3 aromatic rings. The number of nitrogens with one attached hydrogen (secondary N) is 4. The van der Waals surface area contributed by atoms with Gasteiger partial charge < -0.3 is 21.3 Å². The number of aliphatic imine (C=N–C) groups is 1. The Kier molecular flexibility index (Phi) is 8.34. The van der Waals surface area contributed by atoms with Crippen molar-refractivity contribution in [3.63, 3.8) is 0 Å². The minimum Gasteiger partial charge on any atom is -0.376 e. The number of thiazole rings is 1. The molecule has 12 nitrogen and oxygen atoms in total. The van der Waals surface area contributed by atoms with Crippen LogP contribution in [0.4, 0.5) is 15.4 Å². The predicted octanol–water partition coefficient (Wildman–Crippen LogP) is 3.74.